The van der Waals surface area contributed by atoms with Crippen molar-refractivity contribution >= 4 is 29.4 Å². The smallest absolute Gasteiger partial charge is 0.407 e. The highest BCUT2D eigenvalue weighted by Crippen LogP contribution is 2.33. The van der Waals surface area contributed by atoms with Crippen LogP contribution in [0, 0.1) is 12.8 Å². The van der Waals surface area contributed by atoms with Gasteiger partial charge in [-0.05, 0) is 94.0 Å². The lowest BCUT2D eigenvalue weighted by Crippen LogP contribution is -2.37. The van der Waals surface area contributed by atoms with Crippen LogP contribution in [0.3, 0.4) is 0 Å². The lowest BCUT2D eigenvalue weighted by molar-refractivity contribution is 0.0523. The molecule has 3 aromatic rings. The highest BCUT2D eigenvalue weighted by atomic mass is 32.1. The van der Waals surface area contributed by atoms with E-state index in [2.05, 4.69) is 33.4 Å². The largest absolute Gasteiger partial charge is 0.493 e. The Hall–Kier alpha value is -3.39. The number of nitrogens with one attached hydrogen (secondary N) is 1. The van der Waals surface area contributed by atoms with E-state index < -0.39 is 11.7 Å². The van der Waals surface area contributed by atoms with Crippen LogP contribution in [0.5, 0.6) is 5.75 Å². The van der Waals surface area contributed by atoms with Crippen LogP contribution in [0.2, 0.25) is 0 Å². The van der Waals surface area contributed by atoms with Crippen molar-refractivity contribution < 1.29 is 19.1 Å². The SMILES string of the molecule is Cc1ncsc1-c1ccc(N2CCC(COc3ccc(C=O)cc3)CC2)c(CNC(=O)OC(C)(C)C)c1. The maximum absolute atomic E-state index is 12.4. The number of thiazole rings is 1. The molecule has 1 amide bonds. The predicted molar refractivity (Wildman–Crippen MR) is 148 cm³/mol. The van der Waals surface area contributed by atoms with Gasteiger partial charge >= 0.3 is 6.09 Å². The molecule has 0 radical (unpaired) electrons. The van der Waals surface area contributed by atoms with E-state index in [1.54, 1.807) is 23.5 Å². The molecule has 1 aliphatic heterocycles. The van der Waals surface area contributed by atoms with Gasteiger partial charge in [-0.2, -0.15) is 0 Å². The molecule has 1 N–H and O–H groups in total. The molecule has 7 nitrogen and oxygen atoms in total. The number of benzene rings is 2. The normalized spacial score (nSPS) is 14.3. The molecule has 8 heteroatoms. The first-order valence-corrected chi connectivity index (χ1v) is 13.5. The van der Waals surface area contributed by atoms with Crippen molar-refractivity contribution in [3.8, 4) is 16.2 Å². The number of aryl methyl sites for hydroxylation is 1. The maximum atomic E-state index is 12.4. The zero-order valence-corrected chi connectivity index (χ0v) is 22.8. The minimum absolute atomic E-state index is 0.385. The third kappa shape index (κ3) is 7.32. The van der Waals surface area contributed by atoms with Gasteiger partial charge in [0.05, 0.1) is 22.7 Å². The number of amides is 1. The van der Waals surface area contributed by atoms with Gasteiger partial charge in [0, 0.05) is 30.9 Å². The number of hydrogen-bond acceptors (Lipinski definition) is 7. The van der Waals surface area contributed by atoms with Crippen LogP contribution in [0.1, 0.15) is 55.2 Å². The quantitative estimate of drug-likeness (QED) is 0.353. The Bertz CT molecular complexity index is 1210. The van der Waals surface area contributed by atoms with Gasteiger partial charge in [0.1, 0.15) is 17.6 Å². The molecule has 1 fully saturated rings. The van der Waals surface area contributed by atoms with Gasteiger partial charge in [-0.1, -0.05) is 6.07 Å². The number of rotatable bonds is 8. The van der Waals surface area contributed by atoms with Crippen LogP contribution in [0.4, 0.5) is 10.5 Å². The summed E-state index contributed by atoms with van der Waals surface area (Å²) in [5.41, 5.74) is 6.26. The molecule has 1 aliphatic rings. The van der Waals surface area contributed by atoms with Gasteiger partial charge in [0.2, 0.25) is 0 Å². The van der Waals surface area contributed by atoms with Crippen LogP contribution in [-0.4, -0.2) is 42.7 Å². The second kappa shape index (κ2) is 11.8. The topological polar surface area (TPSA) is 80.8 Å². The van der Waals surface area contributed by atoms with Crippen molar-refractivity contribution in [2.75, 3.05) is 24.6 Å². The molecule has 37 heavy (non-hydrogen) atoms. The standard InChI is InChI=1S/C29H35N3O4S/c1-20-27(37-19-31-20)23-7-10-26(24(15-23)16-30-28(34)36-29(2,3)4)32-13-11-22(12-14-32)18-35-25-8-5-21(17-33)6-9-25/h5-10,15,17,19,22H,11-14,16,18H2,1-4H3,(H,30,34). The monoisotopic (exact) mass is 521 g/mol. The van der Waals surface area contributed by atoms with Crippen molar-refractivity contribution in [2.24, 2.45) is 5.92 Å². The highest BCUT2D eigenvalue weighted by Gasteiger charge is 2.23. The number of carbonyl (C=O) groups is 2. The summed E-state index contributed by atoms with van der Waals surface area (Å²) in [5, 5.41) is 2.94. The summed E-state index contributed by atoms with van der Waals surface area (Å²) in [6, 6.07) is 13.7. The number of aldehydes is 1. The fourth-order valence-corrected chi connectivity index (χ4v) is 5.24. The van der Waals surface area contributed by atoms with Crippen molar-refractivity contribution in [1.29, 1.82) is 0 Å². The first-order valence-electron chi connectivity index (χ1n) is 12.6. The number of ether oxygens (including phenoxy) is 2. The molecule has 196 valence electrons. The minimum Gasteiger partial charge on any atom is -0.493 e. The number of aromatic nitrogens is 1. The molecule has 0 aliphatic carbocycles. The van der Waals surface area contributed by atoms with Crippen LogP contribution in [-0.2, 0) is 11.3 Å². The molecule has 4 rings (SSSR count). The molecule has 2 heterocycles. The summed E-state index contributed by atoms with van der Waals surface area (Å²) in [6.07, 6.45) is 2.44. The van der Waals surface area contributed by atoms with Gasteiger partial charge in [-0.3, -0.25) is 4.79 Å². The summed E-state index contributed by atoms with van der Waals surface area (Å²) < 4.78 is 11.4. The number of alkyl carbamates (subject to hydrolysis) is 1. The lowest BCUT2D eigenvalue weighted by Gasteiger charge is -2.35. The van der Waals surface area contributed by atoms with Gasteiger partial charge in [-0.15, -0.1) is 11.3 Å². The average molecular weight is 522 g/mol. The van der Waals surface area contributed by atoms with Gasteiger partial charge in [0.25, 0.3) is 0 Å². The van der Waals surface area contributed by atoms with Gasteiger partial charge in [0.15, 0.2) is 0 Å². The van der Waals surface area contributed by atoms with E-state index in [1.807, 2.05) is 45.3 Å². The van der Waals surface area contributed by atoms with Crippen molar-refractivity contribution in [2.45, 2.75) is 52.7 Å². The van der Waals surface area contributed by atoms with Crippen molar-refractivity contribution in [3.05, 3.63) is 64.8 Å². The number of nitrogens with zero attached hydrogens (tertiary/aromatic N) is 2. The van der Waals surface area contributed by atoms with E-state index in [9.17, 15) is 9.59 Å². The number of anilines is 1. The number of carbonyl (C=O) groups excluding carboxylic acids is 2. The average Bonchev–Trinajstić information content (AvgIpc) is 3.31. The number of hydrogen-bond donors (Lipinski definition) is 1. The molecule has 0 bridgehead atoms. The first-order chi connectivity index (χ1) is 17.7. The zero-order chi connectivity index (χ0) is 26.4. The molecule has 2 aromatic carbocycles. The van der Waals surface area contributed by atoms with E-state index in [1.165, 1.54) is 0 Å². The highest BCUT2D eigenvalue weighted by molar-refractivity contribution is 7.13. The van der Waals surface area contributed by atoms with Crippen molar-refractivity contribution in [3.63, 3.8) is 0 Å². The predicted octanol–water partition coefficient (Wildman–Crippen LogP) is 6.25. The Kier molecular flexibility index (Phi) is 8.48. The molecule has 0 unspecified atom stereocenters. The Morgan fingerprint density at radius 1 is 1.16 bits per heavy atom. The third-order valence-corrected chi connectivity index (χ3v) is 7.34. The Morgan fingerprint density at radius 2 is 1.89 bits per heavy atom. The summed E-state index contributed by atoms with van der Waals surface area (Å²) in [4.78, 5) is 31.1. The fourth-order valence-electron chi connectivity index (χ4n) is 4.43. The molecule has 0 spiro atoms. The van der Waals surface area contributed by atoms with E-state index >= 15 is 0 Å². The van der Waals surface area contributed by atoms with Crippen LogP contribution in [0.25, 0.3) is 10.4 Å². The molecule has 1 aromatic heterocycles. The van der Waals surface area contributed by atoms with E-state index in [0.29, 0.717) is 24.6 Å². The van der Waals surface area contributed by atoms with Crippen LogP contribution < -0.4 is 15.0 Å². The van der Waals surface area contributed by atoms with Crippen LogP contribution in [0.15, 0.2) is 48.0 Å². The molecular weight excluding hydrogens is 486 g/mol. The summed E-state index contributed by atoms with van der Waals surface area (Å²) in [5.74, 6) is 1.25. The Balaban J connectivity index is 1.42. The van der Waals surface area contributed by atoms with Gasteiger partial charge < -0.3 is 19.7 Å². The molecule has 0 atom stereocenters. The first kappa shape index (κ1) is 26.7. The third-order valence-electron chi connectivity index (χ3n) is 6.37. The Morgan fingerprint density at radius 3 is 2.51 bits per heavy atom. The zero-order valence-electron chi connectivity index (χ0n) is 22.0. The van der Waals surface area contributed by atoms with Crippen LogP contribution >= 0.6 is 11.3 Å². The van der Waals surface area contributed by atoms with Crippen molar-refractivity contribution in [1.82, 2.24) is 10.3 Å². The summed E-state index contributed by atoms with van der Waals surface area (Å²) in [7, 11) is 0. The van der Waals surface area contributed by atoms with Gasteiger partial charge in [-0.25, -0.2) is 9.78 Å². The summed E-state index contributed by atoms with van der Waals surface area (Å²) >= 11 is 1.62. The Labute approximate surface area is 222 Å². The molecule has 1 saturated heterocycles. The lowest BCUT2D eigenvalue weighted by atomic mass is 9.96. The van der Waals surface area contributed by atoms with E-state index in [0.717, 1.165) is 65.4 Å². The second-order valence-corrected chi connectivity index (χ2v) is 11.2. The number of piperidine rings is 1. The molecule has 0 saturated carbocycles. The second-order valence-electron chi connectivity index (χ2n) is 10.4. The van der Waals surface area contributed by atoms with E-state index in [4.69, 9.17) is 9.47 Å². The summed E-state index contributed by atoms with van der Waals surface area (Å²) in [6.45, 7) is 10.5. The fraction of sp³-hybridized carbons (Fsp3) is 0.414. The molecular formula is C29H35N3O4S. The van der Waals surface area contributed by atoms with E-state index in [-0.39, 0.29) is 0 Å². The minimum atomic E-state index is -0.547. The maximum Gasteiger partial charge on any atom is 0.407 e.